The molecule has 4 heteroatoms. The molecule has 0 aliphatic carbocycles. The Balaban J connectivity index is 2.77. The van der Waals surface area contributed by atoms with E-state index < -0.39 is 0 Å². The minimum absolute atomic E-state index is 0.0414. The van der Waals surface area contributed by atoms with Gasteiger partial charge in [0.1, 0.15) is 0 Å². The van der Waals surface area contributed by atoms with Crippen LogP contribution in [0.4, 0.5) is 0 Å². The minimum atomic E-state index is -0.149. The Morgan fingerprint density at radius 2 is 2.12 bits per heavy atom. The van der Waals surface area contributed by atoms with Gasteiger partial charge in [-0.05, 0) is 24.6 Å². The highest BCUT2D eigenvalue weighted by molar-refractivity contribution is 5.99. The van der Waals surface area contributed by atoms with E-state index in [1.165, 1.54) is 6.07 Å². The highest BCUT2D eigenvalue weighted by atomic mass is 16.1. The average Bonchev–Trinajstić information content (AvgIpc) is 2.29. The molecule has 0 bridgehead atoms. The van der Waals surface area contributed by atoms with Crippen LogP contribution in [0.5, 0.6) is 0 Å². The largest absolute Gasteiger partial charge is 0.361 e. The van der Waals surface area contributed by atoms with Crippen molar-refractivity contribution in [2.75, 3.05) is 7.05 Å². The first-order valence-corrected chi connectivity index (χ1v) is 4.97. The standard InChI is InChI=1S/C12H12N2O2/c1-7-5-9-10(14-4-3-11(9)15)6-8(7)12(16)13-2/h3-6H,1-2H3,(H,13,16)(H,14,15). The third-order valence-corrected chi connectivity index (χ3v) is 2.58. The van der Waals surface area contributed by atoms with Crippen molar-refractivity contribution >= 4 is 16.8 Å². The maximum atomic E-state index is 11.6. The second-order valence-electron chi connectivity index (χ2n) is 3.63. The molecule has 0 aliphatic heterocycles. The summed E-state index contributed by atoms with van der Waals surface area (Å²) in [6, 6.07) is 4.91. The molecule has 1 heterocycles. The van der Waals surface area contributed by atoms with Gasteiger partial charge in [-0.15, -0.1) is 0 Å². The number of aromatic amines is 1. The summed E-state index contributed by atoms with van der Waals surface area (Å²) in [6.45, 7) is 1.82. The van der Waals surface area contributed by atoms with E-state index in [4.69, 9.17) is 0 Å². The van der Waals surface area contributed by atoms with E-state index >= 15 is 0 Å². The topological polar surface area (TPSA) is 62.0 Å². The van der Waals surface area contributed by atoms with Crippen molar-refractivity contribution in [3.63, 3.8) is 0 Å². The van der Waals surface area contributed by atoms with Gasteiger partial charge in [0.25, 0.3) is 5.91 Å². The Hall–Kier alpha value is -2.10. The van der Waals surface area contributed by atoms with Gasteiger partial charge in [-0.1, -0.05) is 0 Å². The summed E-state index contributed by atoms with van der Waals surface area (Å²) in [7, 11) is 1.58. The number of benzene rings is 1. The number of hydrogen-bond acceptors (Lipinski definition) is 2. The highest BCUT2D eigenvalue weighted by Crippen LogP contribution is 2.15. The number of rotatable bonds is 1. The third kappa shape index (κ3) is 1.58. The zero-order valence-corrected chi connectivity index (χ0v) is 9.13. The lowest BCUT2D eigenvalue weighted by atomic mass is 10.0. The SMILES string of the molecule is CNC(=O)c1cc2[nH]ccc(=O)c2cc1C. The molecule has 2 rings (SSSR count). The number of amides is 1. The number of nitrogens with one attached hydrogen (secondary N) is 2. The first kappa shape index (κ1) is 10.4. The second kappa shape index (κ2) is 3.81. The molecule has 0 atom stereocenters. The molecule has 0 aliphatic rings. The van der Waals surface area contributed by atoms with Gasteiger partial charge >= 0.3 is 0 Å². The fourth-order valence-corrected chi connectivity index (χ4v) is 1.71. The van der Waals surface area contributed by atoms with Crippen molar-refractivity contribution in [2.45, 2.75) is 6.92 Å². The average molecular weight is 216 g/mol. The summed E-state index contributed by atoms with van der Waals surface area (Å²) in [4.78, 5) is 26.1. The van der Waals surface area contributed by atoms with Crippen LogP contribution < -0.4 is 10.7 Å². The van der Waals surface area contributed by atoms with Crippen molar-refractivity contribution in [1.29, 1.82) is 0 Å². The minimum Gasteiger partial charge on any atom is -0.361 e. The number of pyridine rings is 1. The lowest BCUT2D eigenvalue weighted by Crippen LogP contribution is -2.19. The van der Waals surface area contributed by atoms with Crippen LogP contribution in [0.2, 0.25) is 0 Å². The Kier molecular flexibility index (Phi) is 2.48. The fourth-order valence-electron chi connectivity index (χ4n) is 1.71. The van der Waals surface area contributed by atoms with Gasteiger partial charge < -0.3 is 10.3 Å². The molecular weight excluding hydrogens is 204 g/mol. The van der Waals surface area contributed by atoms with Gasteiger partial charge in [-0.2, -0.15) is 0 Å². The zero-order chi connectivity index (χ0) is 11.7. The van der Waals surface area contributed by atoms with Gasteiger partial charge in [0, 0.05) is 30.3 Å². The Morgan fingerprint density at radius 1 is 1.38 bits per heavy atom. The molecule has 0 saturated carbocycles. The lowest BCUT2D eigenvalue weighted by Gasteiger charge is -2.06. The van der Waals surface area contributed by atoms with E-state index in [1.807, 2.05) is 6.92 Å². The van der Waals surface area contributed by atoms with Crippen LogP contribution in [0, 0.1) is 6.92 Å². The van der Waals surface area contributed by atoms with Crippen molar-refractivity contribution in [1.82, 2.24) is 10.3 Å². The van der Waals surface area contributed by atoms with Crippen LogP contribution in [-0.2, 0) is 0 Å². The second-order valence-corrected chi connectivity index (χ2v) is 3.63. The molecule has 4 nitrogen and oxygen atoms in total. The van der Waals surface area contributed by atoms with Crippen LogP contribution in [0.3, 0.4) is 0 Å². The summed E-state index contributed by atoms with van der Waals surface area (Å²) < 4.78 is 0. The highest BCUT2D eigenvalue weighted by Gasteiger charge is 2.09. The zero-order valence-electron chi connectivity index (χ0n) is 9.13. The first-order chi connectivity index (χ1) is 7.63. The first-order valence-electron chi connectivity index (χ1n) is 4.97. The monoisotopic (exact) mass is 216 g/mol. The van der Waals surface area contributed by atoms with Crippen LogP contribution in [0.15, 0.2) is 29.2 Å². The van der Waals surface area contributed by atoms with Crippen LogP contribution >= 0.6 is 0 Å². The van der Waals surface area contributed by atoms with Crippen molar-refractivity contribution in [2.24, 2.45) is 0 Å². The molecular formula is C12H12N2O2. The van der Waals surface area contributed by atoms with Crippen LogP contribution in [0.25, 0.3) is 10.9 Å². The van der Waals surface area contributed by atoms with Crippen molar-refractivity contribution in [3.05, 3.63) is 45.7 Å². The molecule has 1 aromatic carbocycles. The third-order valence-electron chi connectivity index (χ3n) is 2.58. The molecule has 82 valence electrons. The normalized spacial score (nSPS) is 10.4. The van der Waals surface area contributed by atoms with E-state index in [-0.39, 0.29) is 11.3 Å². The van der Waals surface area contributed by atoms with Gasteiger partial charge in [-0.25, -0.2) is 0 Å². The van der Waals surface area contributed by atoms with Gasteiger partial charge in [-0.3, -0.25) is 9.59 Å². The molecule has 2 N–H and O–H groups in total. The summed E-state index contributed by atoms with van der Waals surface area (Å²) in [6.07, 6.45) is 1.58. The number of carbonyl (C=O) groups is 1. The summed E-state index contributed by atoms with van der Waals surface area (Å²) >= 11 is 0. The van der Waals surface area contributed by atoms with Crippen molar-refractivity contribution < 1.29 is 4.79 Å². The van der Waals surface area contributed by atoms with E-state index in [0.29, 0.717) is 16.5 Å². The molecule has 0 spiro atoms. The van der Waals surface area contributed by atoms with Crippen molar-refractivity contribution in [3.8, 4) is 0 Å². The Morgan fingerprint density at radius 3 is 2.81 bits per heavy atom. The molecule has 0 saturated heterocycles. The molecule has 16 heavy (non-hydrogen) atoms. The van der Waals surface area contributed by atoms with E-state index in [9.17, 15) is 9.59 Å². The smallest absolute Gasteiger partial charge is 0.251 e. The number of carbonyl (C=O) groups excluding carboxylic acids is 1. The molecule has 0 unspecified atom stereocenters. The molecule has 2 aromatic rings. The van der Waals surface area contributed by atoms with E-state index in [1.54, 1.807) is 25.4 Å². The quantitative estimate of drug-likeness (QED) is 0.752. The number of aryl methyl sites for hydroxylation is 1. The molecule has 1 amide bonds. The molecule has 0 radical (unpaired) electrons. The van der Waals surface area contributed by atoms with E-state index in [0.717, 1.165) is 5.56 Å². The Bertz CT molecular complexity index is 614. The maximum Gasteiger partial charge on any atom is 0.251 e. The van der Waals surface area contributed by atoms with Gasteiger partial charge in [0.05, 0.1) is 5.52 Å². The number of H-pyrrole nitrogens is 1. The van der Waals surface area contributed by atoms with Crippen LogP contribution in [-0.4, -0.2) is 17.9 Å². The maximum absolute atomic E-state index is 11.6. The number of hydrogen-bond donors (Lipinski definition) is 2. The predicted molar refractivity (Wildman–Crippen MR) is 62.7 cm³/mol. The number of fused-ring (bicyclic) bond motifs is 1. The molecule has 1 aromatic heterocycles. The summed E-state index contributed by atoms with van der Waals surface area (Å²) in [5.74, 6) is -0.149. The summed E-state index contributed by atoms with van der Waals surface area (Å²) in [5.41, 5.74) is 2.01. The lowest BCUT2D eigenvalue weighted by molar-refractivity contribution is 0.0962. The molecule has 0 fully saturated rings. The van der Waals surface area contributed by atoms with Gasteiger partial charge in [0.15, 0.2) is 5.43 Å². The predicted octanol–water partition coefficient (Wildman–Crippen LogP) is 1.20. The Labute approximate surface area is 92.3 Å². The fraction of sp³-hybridized carbons (Fsp3) is 0.167. The van der Waals surface area contributed by atoms with Crippen LogP contribution in [0.1, 0.15) is 15.9 Å². The summed E-state index contributed by atoms with van der Waals surface area (Å²) in [5, 5.41) is 3.17. The van der Waals surface area contributed by atoms with Gasteiger partial charge in [0.2, 0.25) is 0 Å². The number of aromatic nitrogens is 1. The van der Waals surface area contributed by atoms with E-state index in [2.05, 4.69) is 10.3 Å².